The Morgan fingerprint density at radius 3 is 2.86 bits per heavy atom. The van der Waals surface area contributed by atoms with Gasteiger partial charge in [0.1, 0.15) is 0 Å². The molecule has 2 aromatic rings. The Kier molecular flexibility index (Phi) is 1.45. The smallest absolute Gasteiger partial charge is 0.0417 e. The largest absolute Gasteiger partial charge is 0.321 e. The highest BCUT2D eigenvalue weighted by atomic mass is 14.8. The highest BCUT2D eigenvalue weighted by molar-refractivity contribution is 5.86. The summed E-state index contributed by atoms with van der Waals surface area (Å²) in [4.78, 5) is 4.12. The standard InChI is InChI=1S/C12H12N2/c13-12(5-6-12)11-3-1-2-9-8-14-7-4-10(9)11/h1-4,7-8H,5-6,13H2. The number of hydrogen-bond acceptors (Lipinski definition) is 2. The maximum atomic E-state index is 6.21. The second-order valence-corrected chi connectivity index (χ2v) is 4.06. The van der Waals surface area contributed by atoms with Crippen molar-refractivity contribution in [3.05, 3.63) is 42.2 Å². The summed E-state index contributed by atoms with van der Waals surface area (Å²) in [5.74, 6) is 0. The van der Waals surface area contributed by atoms with Crippen LogP contribution in [-0.2, 0) is 5.54 Å². The number of benzene rings is 1. The van der Waals surface area contributed by atoms with Gasteiger partial charge in [0.05, 0.1) is 0 Å². The molecule has 0 aliphatic heterocycles. The van der Waals surface area contributed by atoms with E-state index < -0.39 is 0 Å². The molecular weight excluding hydrogens is 172 g/mol. The van der Waals surface area contributed by atoms with Gasteiger partial charge in [0, 0.05) is 23.3 Å². The topological polar surface area (TPSA) is 38.9 Å². The normalized spacial score (nSPS) is 18.4. The molecule has 2 heteroatoms. The van der Waals surface area contributed by atoms with Crippen molar-refractivity contribution in [1.82, 2.24) is 4.98 Å². The van der Waals surface area contributed by atoms with Crippen LogP contribution in [0.25, 0.3) is 10.8 Å². The van der Waals surface area contributed by atoms with Gasteiger partial charge < -0.3 is 5.73 Å². The summed E-state index contributed by atoms with van der Waals surface area (Å²) in [7, 11) is 0. The molecule has 0 atom stereocenters. The quantitative estimate of drug-likeness (QED) is 0.737. The van der Waals surface area contributed by atoms with E-state index in [0.29, 0.717) is 0 Å². The number of nitrogens with zero attached hydrogens (tertiary/aromatic N) is 1. The molecule has 1 fully saturated rings. The molecular formula is C12H12N2. The summed E-state index contributed by atoms with van der Waals surface area (Å²) in [6.45, 7) is 0. The maximum absolute atomic E-state index is 6.21. The predicted octanol–water partition coefficient (Wildman–Crippen LogP) is 2.18. The van der Waals surface area contributed by atoms with E-state index in [2.05, 4.69) is 29.2 Å². The van der Waals surface area contributed by atoms with E-state index in [1.54, 1.807) is 0 Å². The van der Waals surface area contributed by atoms with Crippen molar-refractivity contribution in [3.8, 4) is 0 Å². The molecule has 0 saturated heterocycles. The Hall–Kier alpha value is -1.41. The molecule has 3 rings (SSSR count). The van der Waals surface area contributed by atoms with Crippen LogP contribution < -0.4 is 5.73 Å². The van der Waals surface area contributed by atoms with E-state index in [4.69, 9.17) is 5.73 Å². The first-order valence-corrected chi connectivity index (χ1v) is 4.92. The molecule has 0 radical (unpaired) electrons. The van der Waals surface area contributed by atoms with Crippen molar-refractivity contribution < 1.29 is 0 Å². The molecule has 1 aromatic heterocycles. The average molecular weight is 184 g/mol. The van der Waals surface area contributed by atoms with Crippen LogP contribution in [0.2, 0.25) is 0 Å². The van der Waals surface area contributed by atoms with E-state index in [0.717, 1.165) is 12.8 Å². The van der Waals surface area contributed by atoms with Crippen LogP contribution in [0, 0.1) is 0 Å². The van der Waals surface area contributed by atoms with Gasteiger partial charge in [0.2, 0.25) is 0 Å². The third kappa shape index (κ3) is 1.04. The summed E-state index contributed by atoms with van der Waals surface area (Å²) in [6.07, 6.45) is 5.94. The summed E-state index contributed by atoms with van der Waals surface area (Å²) in [5, 5.41) is 2.43. The Morgan fingerprint density at radius 1 is 1.21 bits per heavy atom. The average Bonchev–Trinajstić information content (AvgIpc) is 2.97. The highest BCUT2D eigenvalue weighted by Crippen LogP contribution is 2.44. The van der Waals surface area contributed by atoms with Gasteiger partial charge in [-0.15, -0.1) is 0 Å². The molecule has 1 aliphatic rings. The first-order chi connectivity index (χ1) is 6.80. The van der Waals surface area contributed by atoms with Gasteiger partial charge in [0.15, 0.2) is 0 Å². The van der Waals surface area contributed by atoms with Crippen molar-refractivity contribution in [2.45, 2.75) is 18.4 Å². The molecule has 14 heavy (non-hydrogen) atoms. The third-order valence-electron chi connectivity index (χ3n) is 3.01. The van der Waals surface area contributed by atoms with Crippen LogP contribution in [0.1, 0.15) is 18.4 Å². The SMILES string of the molecule is NC1(c2cccc3cnccc23)CC1. The van der Waals surface area contributed by atoms with Gasteiger partial charge in [-0.2, -0.15) is 0 Å². The second-order valence-electron chi connectivity index (χ2n) is 4.06. The summed E-state index contributed by atoms with van der Waals surface area (Å²) in [6, 6.07) is 8.33. The molecule has 70 valence electrons. The lowest BCUT2D eigenvalue weighted by Gasteiger charge is -2.11. The lowest BCUT2D eigenvalue weighted by atomic mass is 9.99. The summed E-state index contributed by atoms with van der Waals surface area (Å²) >= 11 is 0. The van der Waals surface area contributed by atoms with E-state index >= 15 is 0 Å². The molecule has 1 saturated carbocycles. The van der Waals surface area contributed by atoms with E-state index in [1.807, 2.05) is 12.4 Å². The second kappa shape index (κ2) is 2.55. The number of fused-ring (bicyclic) bond motifs is 1. The van der Waals surface area contributed by atoms with Crippen LogP contribution in [0.15, 0.2) is 36.7 Å². The minimum absolute atomic E-state index is 0.0547. The Labute approximate surface area is 82.8 Å². The van der Waals surface area contributed by atoms with Crippen molar-refractivity contribution in [3.63, 3.8) is 0 Å². The van der Waals surface area contributed by atoms with Crippen LogP contribution in [-0.4, -0.2) is 4.98 Å². The van der Waals surface area contributed by atoms with Gasteiger partial charge >= 0.3 is 0 Å². The molecule has 0 bridgehead atoms. The number of hydrogen-bond donors (Lipinski definition) is 1. The van der Waals surface area contributed by atoms with Gasteiger partial charge in [-0.05, 0) is 29.9 Å². The number of aromatic nitrogens is 1. The Morgan fingerprint density at radius 2 is 2.07 bits per heavy atom. The van der Waals surface area contributed by atoms with Crippen molar-refractivity contribution in [1.29, 1.82) is 0 Å². The lowest BCUT2D eigenvalue weighted by molar-refractivity contribution is 0.748. The lowest BCUT2D eigenvalue weighted by Crippen LogP contribution is -2.18. The van der Waals surface area contributed by atoms with Crippen LogP contribution in [0.3, 0.4) is 0 Å². The fraction of sp³-hybridized carbons (Fsp3) is 0.250. The first kappa shape index (κ1) is 7.94. The maximum Gasteiger partial charge on any atom is 0.0417 e. The molecule has 1 aromatic carbocycles. The molecule has 0 unspecified atom stereocenters. The summed E-state index contributed by atoms with van der Waals surface area (Å²) in [5.41, 5.74) is 7.43. The molecule has 1 heterocycles. The number of pyridine rings is 1. The van der Waals surface area contributed by atoms with Gasteiger partial charge in [-0.1, -0.05) is 18.2 Å². The van der Waals surface area contributed by atoms with Crippen molar-refractivity contribution >= 4 is 10.8 Å². The van der Waals surface area contributed by atoms with Gasteiger partial charge in [0.25, 0.3) is 0 Å². The zero-order valence-corrected chi connectivity index (χ0v) is 7.90. The molecule has 1 aliphatic carbocycles. The minimum Gasteiger partial charge on any atom is -0.321 e. The van der Waals surface area contributed by atoms with E-state index in [-0.39, 0.29) is 5.54 Å². The van der Waals surface area contributed by atoms with Gasteiger partial charge in [-0.25, -0.2) is 0 Å². The summed E-state index contributed by atoms with van der Waals surface area (Å²) < 4.78 is 0. The van der Waals surface area contributed by atoms with Crippen LogP contribution >= 0.6 is 0 Å². The van der Waals surface area contributed by atoms with Crippen molar-refractivity contribution in [2.75, 3.05) is 0 Å². The zero-order valence-electron chi connectivity index (χ0n) is 7.90. The molecule has 2 nitrogen and oxygen atoms in total. The zero-order chi connectivity index (χ0) is 9.60. The molecule has 0 amide bonds. The minimum atomic E-state index is -0.0547. The monoisotopic (exact) mass is 184 g/mol. The number of nitrogens with two attached hydrogens (primary N) is 1. The van der Waals surface area contributed by atoms with Crippen LogP contribution in [0.5, 0.6) is 0 Å². The first-order valence-electron chi connectivity index (χ1n) is 4.92. The molecule has 2 N–H and O–H groups in total. The number of rotatable bonds is 1. The third-order valence-corrected chi connectivity index (χ3v) is 3.01. The van der Waals surface area contributed by atoms with Gasteiger partial charge in [-0.3, -0.25) is 4.98 Å². The fourth-order valence-electron chi connectivity index (χ4n) is 1.96. The van der Waals surface area contributed by atoms with Crippen molar-refractivity contribution in [2.24, 2.45) is 5.73 Å². The molecule has 0 spiro atoms. The Bertz CT molecular complexity index is 481. The van der Waals surface area contributed by atoms with E-state index in [9.17, 15) is 0 Å². The van der Waals surface area contributed by atoms with E-state index in [1.165, 1.54) is 16.3 Å². The van der Waals surface area contributed by atoms with Crippen LogP contribution in [0.4, 0.5) is 0 Å². The highest BCUT2D eigenvalue weighted by Gasteiger charge is 2.40. The fourth-order valence-corrected chi connectivity index (χ4v) is 1.96. The Balaban J connectivity index is 2.33. The predicted molar refractivity (Wildman–Crippen MR) is 56.8 cm³/mol.